The van der Waals surface area contributed by atoms with E-state index in [9.17, 15) is 13.2 Å². The first-order chi connectivity index (χ1) is 15.0. The summed E-state index contributed by atoms with van der Waals surface area (Å²) in [5.41, 5.74) is 0.768. The van der Waals surface area contributed by atoms with Gasteiger partial charge in [0, 0.05) is 25.7 Å². The largest absolute Gasteiger partial charge is 0.497 e. The van der Waals surface area contributed by atoms with E-state index in [1.54, 1.807) is 36.3 Å². The van der Waals surface area contributed by atoms with Crippen LogP contribution in [0.4, 0.5) is 0 Å². The van der Waals surface area contributed by atoms with Crippen LogP contribution in [0.2, 0.25) is 0 Å². The van der Waals surface area contributed by atoms with Crippen LogP contribution in [0.5, 0.6) is 17.2 Å². The molecule has 0 aliphatic carbocycles. The van der Waals surface area contributed by atoms with Gasteiger partial charge in [-0.05, 0) is 29.8 Å². The number of rotatable bonds is 6. The molecule has 1 saturated heterocycles. The summed E-state index contributed by atoms with van der Waals surface area (Å²) in [6, 6.07) is 11.5. The third-order valence-corrected chi connectivity index (χ3v) is 6.48. The number of carbonyl (C=O) groups is 1. The van der Waals surface area contributed by atoms with Gasteiger partial charge in [-0.15, -0.1) is 0 Å². The second-order valence-corrected chi connectivity index (χ2v) is 8.91. The molecule has 10 heteroatoms. The van der Waals surface area contributed by atoms with E-state index in [2.05, 4.69) is 4.72 Å². The van der Waals surface area contributed by atoms with Crippen LogP contribution in [0.25, 0.3) is 0 Å². The first-order valence-electron chi connectivity index (χ1n) is 9.89. The molecule has 2 aliphatic rings. The highest BCUT2D eigenvalue weighted by Crippen LogP contribution is 2.34. The smallest absolute Gasteiger partial charge is 0.267 e. The summed E-state index contributed by atoms with van der Waals surface area (Å²) >= 11 is 0. The van der Waals surface area contributed by atoms with Crippen LogP contribution >= 0.6 is 0 Å². The molecule has 1 amide bonds. The number of hydrogen-bond donors (Lipinski definition) is 1. The van der Waals surface area contributed by atoms with Gasteiger partial charge in [0.15, 0.2) is 11.5 Å². The van der Waals surface area contributed by atoms with E-state index in [-0.39, 0.29) is 29.7 Å². The molecule has 0 aromatic heterocycles. The fraction of sp³-hybridized carbons (Fsp3) is 0.381. The van der Waals surface area contributed by atoms with Crippen molar-refractivity contribution in [2.75, 3.05) is 40.0 Å². The normalized spacial score (nSPS) is 18.5. The highest BCUT2D eigenvalue weighted by Gasteiger charge is 2.32. The van der Waals surface area contributed by atoms with Gasteiger partial charge >= 0.3 is 0 Å². The molecule has 166 valence electrons. The van der Waals surface area contributed by atoms with Gasteiger partial charge in [-0.3, -0.25) is 4.79 Å². The Bertz CT molecular complexity index is 1050. The lowest BCUT2D eigenvalue weighted by Crippen LogP contribution is -2.50. The van der Waals surface area contributed by atoms with Gasteiger partial charge in [0.25, 0.3) is 5.91 Å². The zero-order valence-corrected chi connectivity index (χ0v) is 17.9. The van der Waals surface area contributed by atoms with Gasteiger partial charge < -0.3 is 23.8 Å². The number of hydrogen-bond acceptors (Lipinski definition) is 7. The summed E-state index contributed by atoms with van der Waals surface area (Å²) in [6.07, 6.45) is -0.765. The van der Waals surface area contributed by atoms with Gasteiger partial charge in [-0.25, -0.2) is 13.1 Å². The topological polar surface area (TPSA) is 103 Å². The van der Waals surface area contributed by atoms with Gasteiger partial charge in [-0.1, -0.05) is 12.1 Å². The van der Waals surface area contributed by atoms with E-state index in [4.69, 9.17) is 18.9 Å². The van der Waals surface area contributed by atoms with Crippen LogP contribution in [0, 0.1) is 0 Å². The minimum atomic E-state index is -3.77. The van der Waals surface area contributed by atoms with Crippen LogP contribution < -0.4 is 18.9 Å². The number of benzene rings is 2. The van der Waals surface area contributed by atoms with Gasteiger partial charge in [-0.2, -0.15) is 0 Å². The molecule has 4 rings (SSSR count). The summed E-state index contributed by atoms with van der Waals surface area (Å²) in [5, 5.41) is 0. The molecular formula is C21H24N2O7S. The number of carbonyl (C=O) groups excluding carboxylic acids is 1. The molecule has 0 bridgehead atoms. The Hall–Kier alpha value is -2.82. The maximum absolute atomic E-state index is 12.7. The summed E-state index contributed by atoms with van der Waals surface area (Å²) in [7, 11) is -2.22. The number of morpholine rings is 1. The Morgan fingerprint density at radius 1 is 1.16 bits per heavy atom. The minimum Gasteiger partial charge on any atom is -0.497 e. The zero-order valence-electron chi connectivity index (χ0n) is 17.1. The van der Waals surface area contributed by atoms with E-state index in [1.807, 2.05) is 0 Å². The molecule has 1 N–H and O–H groups in total. The fourth-order valence-electron chi connectivity index (χ4n) is 3.37. The van der Waals surface area contributed by atoms with Crippen molar-refractivity contribution in [1.29, 1.82) is 0 Å². The quantitative estimate of drug-likeness (QED) is 0.708. The Balaban J connectivity index is 1.42. The predicted molar refractivity (Wildman–Crippen MR) is 111 cm³/mol. The number of methoxy groups -OCH3 is 1. The summed E-state index contributed by atoms with van der Waals surface area (Å²) in [4.78, 5) is 14.3. The molecule has 2 aromatic rings. The molecule has 0 saturated carbocycles. The molecule has 31 heavy (non-hydrogen) atoms. The molecule has 0 spiro atoms. The van der Waals surface area contributed by atoms with Gasteiger partial charge in [0.1, 0.15) is 12.4 Å². The van der Waals surface area contributed by atoms with E-state index >= 15 is 0 Å². The Kier molecular flexibility index (Phi) is 6.30. The third kappa shape index (κ3) is 4.92. The van der Waals surface area contributed by atoms with Crippen LogP contribution in [-0.2, 0) is 26.1 Å². The van der Waals surface area contributed by atoms with E-state index < -0.39 is 16.1 Å². The highest BCUT2D eigenvalue weighted by molar-refractivity contribution is 7.89. The van der Waals surface area contributed by atoms with E-state index in [1.165, 1.54) is 18.2 Å². The number of nitrogens with one attached hydrogen (secondary N) is 1. The lowest BCUT2D eigenvalue weighted by atomic mass is 10.2. The number of ether oxygens (including phenoxy) is 4. The average Bonchev–Trinajstić information content (AvgIpc) is 2.82. The highest BCUT2D eigenvalue weighted by atomic mass is 32.2. The molecular weight excluding hydrogens is 424 g/mol. The molecule has 1 fully saturated rings. The molecule has 9 nitrogen and oxygen atoms in total. The van der Waals surface area contributed by atoms with Crippen LogP contribution in [0.15, 0.2) is 47.4 Å². The SMILES string of the molecule is COc1cccc(CNS(=O)(=O)c2ccc3c(c2)OC[C@H](C(=O)N2CCOCC2)O3)c1. The Labute approximate surface area is 180 Å². The summed E-state index contributed by atoms with van der Waals surface area (Å²) in [6.45, 7) is 2.16. The molecule has 1 atom stereocenters. The van der Waals surface area contributed by atoms with Gasteiger partial charge in [0.05, 0.1) is 25.2 Å². The molecule has 0 unspecified atom stereocenters. The van der Waals surface area contributed by atoms with Crippen molar-refractivity contribution in [3.8, 4) is 17.2 Å². The third-order valence-electron chi connectivity index (χ3n) is 5.08. The minimum absolute atomic E-state index is 0.0178. The second-order valence-electron chi connectivity index (χ2n) is 7.14. The van der Waals surface area contributed by atoms with E-state index in [0.717, 1.165) is 5.56 Å². The second kappa shape index (κ2) is 9.13. The summed E-state index contributed by atoms with van der Waals surface area (Å²) < 4.78 is 49.9. The Morgan fingerprint density at radius 3 is 2.74 bits per heavy atom. The molecule has 2 aliphatic heterocycles. The maximum atomic E-state index is 12.7. The van der Waals surface area contributed by atoms with Crippen molar-refractivity contribution in [2.24, 2.45) is 0 Å². The molecule has 0 radical (unpaired) electrons. The lowest BCUT2D eigenvalue weighted by molar-refractivity contribution is -0.145. The number of amides is 1. The van der Waals surface area contributed by atoms with Crippen molar-refractivity contribution < 1.29 is 32.2 Å². The van der Waals surface area contributed by atoms with Crippen LogP contribution in [-0.4, -0.2) is 65.3 Å². The maximum Gasteiger partial charge on any atom is 0.267 e. The monoisotopic (exact) mass is 448 g/mol. The van der Waals surface area contributed by atoms with Crippen molar-refractivity contribution >= 4 is 15.9 Å². The van der Waals surface area contributed by atoms with Gasteiger partial charge in [0.2, 0.25) is 16.1 Å². The van der Waals surface area contributed by atoms with Crippen LogP contribution in [0.3, 0.4) is 0 Å². The van der Waals surface area contributed by atoms with Crippen molar-refractivity contribution in [3.63, 3.8) is 0 Å². The average molecular weight is 448 g/mol. The van der Waals surface area contributed by atoms with Crippen molar-refractivity contribution in [2.45, 2.75) is 17.5 Å². The van der Waals surface area contributed by atoms with E-state index in [0.29, 0.717) is 37.8 Å². The lowest BCUT2D eigenvalue weighted by Gasteiger charge is -2.32. The summed E-state index contributed by atoms with van der Waals surface area (Å²) in [5.74, 6) is 1.11. The Morgan fingerprint density at radius 2 is 1.97 bits per heavy atom. The van der Waals surface area contributed by atoms with Crippen molar-refractivity contribution in [1.82, 2.24) is 9.62 Å². The zero-order chi connectivity index (χ0) is 21.8. The van der Waals surface area contributed by atoms with Crippen LogP contribution in [0.1, 0.15) is 5.56 Å². The standard InChI is InChI=1S/C21H24N2O7S/c1-27-16-4-2-3-15(11-16)13-22-31(25,26)17-5-6-18-19(12-17)29-14-20(30-18)21(24)23-7-9-28-10-8-23/h2-6,11-12,20,22H,7-10,13-14H2,1H3/t20-/m1/s1. The fourth-order valence-corrected chi connectivity index (χ4v) is 4.40. The first kappa shape index (κ1) is 21.4. The molecule has 2 aromatic carbocycles. The number of nitrogens with zero attached hydrogens (tertiary/aromatic N) is 1. The molecule has 2 heterocycles. The number of fused-ring (bicyclic) bond motifs is 1. The van der Waals surface area contributed by atoms with Crippen molar-refractivity contribution in [3.05, 3.63) is 48.0 Å². The first-order valence-corrected chi connectivity index (χ1v) is 11.4. The predicted octanol–water partition coefficient (Wildman–Crippen LogP) is 1.17. The number of sulfonamides is 1.